The van der Waals surface area contributed by atoms with Crippen LogP contribution in [0.2, 0.25) is 0 Å². The van der Waals surface area contributed by atoms with E-state index >= 15 is 0 Å². The fraction of sp³-hybridized carbons (Fsp3) is 0.357. The second-order valence-electron chi connectivity index (χ2n) is 8.95. The van der Waals surface area contributed by atoms with Crippen LogP contribution in [0.25, 0.3) is 0 Å². The highest BCUT2D eigenvalue weighted by Gasteiger charge is 2.14. The van der Waals surface area contributed by atoms with Crippen LogP contribution in [0.15, 0.2) is 60.7 Å². The first-order chi connectivity index (χ1) is 15.7. The van der Waals surface area contributed by atoms with Crippen molar-refractivity contribution < 1.29 is 14.3 Å². The Hall–Kier alpha value is -3.18. The molecule has 1 amide bonds. The third kappa shape index (κ3) is 7.16. The van der Waals surface area contributed by atoms with Crippen molar-refractivity contribution in [3.63, 3.8) is 0 Å². The molecule has 2 aromatic carbocycles. The molecule has 0 aliphatic carbocycles. The molecule has 3 rings (SSSR count). The minimum absolute atomic E-state index is 0.0700. The van der Waals surface area contributed by atoms with E-state index in [0.717, 1.165) is 11.4 Å². The number of amides is 1. The molecule has 0 aliphatic rings. The van der Waals surface area contributed by atoms with E-state index < -0.39 is 0 Å². The van der Waals surface area contributed by atoms with Crippen molar-refractivity contribution in [3.05, 3.63) is 83.2 Å². The second-order valence-corrected chi connectivity index (χ2v) is 8.95. The fourth-order valence-corrected chi connectivity index (χ4v) is 3.68. The summed E-state index contributed by atoms with van der Waals surface area (Å²) >= 11 is 0. The minimum Gasteiger partial charge on any atom is -0.457 e. The molecule has 1 unspecified atom stereocenters. The van der Waals surface area contributed by atoms with E-state index in [1.165, 1.54) is 5.56 Å². The maximum atomic E-state index is 12.9. The Morgan fingerprint density at radius 3 is 2.30 bits per heavy atom. The highest BCUT2D eigenvalue weighted by molar-refractivity contribution is 6.05. The van der Waals surface area contributed by atoms with E-state index in [9.17, 15) is 4.79 Å². The molecule has 5 nitrogen and oxygen atoms in total. The Balaban J connectivity index is 1.67. The van der Waals surface area contributed by atoms with Crippen molar-refractivity contribution in [1.29, 1.82) is 0 Å². The van der Waals surface area contributed by atoms with E-state index in [2.05, 4.69) is 30.2 Å². The average Bonchev–Trinajstić information content (AvgIpc) is 2.73. The Labute approximate surface area is 197 Å². The van der Waals surface area contributed by atoms with E-state index in [1.807, 2.05) is 82.3 Å². The predicted octanol–water partition coefficient (Wildman–Crippen LogP) is 6.91. The molecule has 0 fully saturated rings. The van der Waals surface area contributed by atoms with E-state index in [-0.39, 0.29) is 18.1 Å². The molecule has 5 heteroatoms. The molecule has 0 bridgehead atoms. The smallest absolute Gasteiger partial charge is 0.257 e. The summed E-state index contributed by atoms with van der Waals surface area (Å²) in [5.41, 5.74) is 4.04. The number of hydrogen-bond donors (Lipinski definition) is 1. The number of carbonyl (C=O) groups is 1. The van der Waals surface area contributed by atoms with Crippen molar-refractivity contribution in [3.8, 4) is 11.5 Å². The topological polar surface area (TPSA) is 60.5 Å². The number of carbonyl (C=O) groups excluding carboxylic acids is 1. The van der Waals surface area contributed by atoms with E-state index in [4.69, 9.17) is 9.47 Å². The first kappa shape index (κ1) is 24.5. The number of aryl methyl sites for hydroxylation is 1. The normalized spacial score (nSPS) is 12.1. The zero-order valence-corrected chi connectivity index (χ0v) is 20.4. The predicted molar refractivity (Wildman–Crippen MR) is 133 cm³/mol. The second kappa shape index (κ2) is 11.1. The lowest BCUT2D eigenvalue weighted by Gasteiger charge is -2.16. The summed E-state index contributed by atoms with van der Waals surface area (Å²) in [7, 11) is 0. The fourth-order valence-electron chi connectivity index (χ4n) is 3.68. The van der Waals surface area contributed by atoms with Crippen molar-refractivity contribution in [2.75, 3.05) is 5.32 Å². The molecule has 1 aromatic heterocycles. The molecule has 1 atom stereocenters. The van der Waals surface area contributed by atoms with E-state index in [0.29, 0.717) is 35.0 Å². The molecule has 0 saturated heterocycles. The number of rotatable bonds is 9. The highest BCUT2D eigenvalue weighted by atomic mass is 16.5. The van der Waals surface area contributed by atoms with Gasteiger partial charge in [0.2, 0.25) is 0 Å². The number of pyridine rings is 1. The third-order valence-corrected chi connectivity index (χ3v) is 5.24. The van der Waals surface area contributed by atoms with Gasteiger partial charge in [0.25, 0.3) is 5.91 Å². The Kier molecular flexibility index (Phi) is 8.23. The number of nitrogens with one attached hydrogen (secondary N) is 1. The van der Waals surface area contributed by atoms with Crippen LogP contribution in [0.3, 0.4) is 0 Å². The molecule has 33 heavy (non-hydrogen) atoms. The van der Waals surface area contributed by atoms with E-state index in [1.54, 1.807) is 0 Å². The van der Waals surface area contributed by atoms with Crippen molar-refractivity contribution in [1.82, 2.24) is 4.98 Å². The van der Waals surface area contributed by atoms with Crippen LogP contribution in [0, 0.1) is 6.92 Å². The molecule has 1 N–H and O–H groups in total. The zero-order valence-electron chi connectivity index (χ0n) is 20.4. The molecule has 0 saturated carbocycles. The van der Waals surface area contributed by atoms with Gasteiger partial charge in [0, 0.05) is 23.9 Å². The molecular weight excluding hydrogens is 412 g/mol. The lowest BCUT2D eigenvalue weighted by molar-refractivity contribution is 0.0190. The number of nitrogens with zero attached hydrogens (tertiary/aromatic N) is 1. The standard InChI is InChI=1S/C28H34N2O3/c1-18(2)22-9-7-11-25(16-22)33-26-12-8-10-23(17-26)30-28(31)27-14-13-24(29-21(27)6)15-20(5)32-19(3)4/h7-14,16-20H,15H2,1-6H3,(H,30,31). The first-order valence-electron chi connectivity index (χ1n) is 11.5. The maximum absolute atomic E-state index is 12.9. The van der Waals surface area contributed by atoms with Gasteiger partial charge >= 0.3 is 0 Å². The van der Waals surface area contributed by atoms with Crippen molar-refractivity contribution in [2.45, 2.75) is 66.1 Å². The SMILES string of the molecule is Cc1nc(CC(C)OC(C)C)ccc1C(=O)Nc1cccc(Oc2cccc(C(C)C)c2)c1. The summed E-state index contributed by atoms with van der Waals surface area (Å²) in [4.78, 5) is 17.5. The van der Waals surface area contributed by atoms with Crippen LogP contribution in [-0.4, -0.2) is 23.1 Å². The van der Waals surface area contributed by atoms with Gasteiger partial charge in [-0.3, -0.25) is 9.78 Å². The van der Waals surface area contributed by atoms with Crippen molar-refractivity contribution >= 4 is 11.6 Å². The average molecular weight is 447 g/mol. The summed E-state index contributed by atoms with van der Waals surface area (Å²) in [6, 6.07) is 19.2. The Morgan fingerprint density at radius 1 is 0.939 bits per heavy atom. The highest BCUT2D eigenvalue weighted by Crippen LogP contribution is 2.27. The van der Waals surface area contributed by atoms with Crippen molar-refractivity contribution in [2.24, 2.45) is 0 Å². The van der Waals surface area contributed by atoms with Gasteiger partial charge < -0.3 is 14.8 Å². The van der Waals surface area contributed by atoms with Gasteiger partial charge in [-0.1, -0.05) is 32.0 Å². The van der Waals surface area contributed by atoms with Crippen LogP contribution in [0.5, 0.6) is 11.5 Å². The van der Waals surface area contributed by atoms with Crippen LogP contribution in [0.1, 0.15) is 67.8 Å². The lowest BCUT2D eigenvalue weighted by Crippen LogP contribution is -2.18. The number of benzene rings is 2. The quantitative estimate of drug-likeness (QED) is 0.388. The van der Waals surface area contributed by atoms with Gasteiger partial charge in [-0.2, -0.15) is 0 Å². The van der Waals surface area contributed by atoms with Crippen LogP contribution in [0.4, 0.5) is 5.69 Å². The monoisotopic (exact) mass is 446 g/mol. The van der Waals surface area contributed by atoms with Gasteiger partial charge in [0.15, 0.2) is 0 Å². The summed E-state index contributed by atoms with van der Waals surface area (Å²) in [5, 5.41) is 2.96. The first-order valence-corrected chi connectivity index (χ1v) is 11.5. The van der Waals surface area contributed by atoms with Gasteiger partial charge in [-0.25, -0.2) is 0 Å². The molecule has 0 aliphatic heterocycles. The van der Waals surface area contributed by atoms with Gasteiger partial charge in [-0.05, 0) is 75.6 Å². The van der Waals surface area contributed by atoms with Crippen LogP contribution >= 0.6 is 0 Å². The molecule has 1 heterocycles. The minimum atomic E-state index is -0.197. The third-order valence-electron chi connectivity index (χ3n) is 5.24. The Bertz CT molecular complexity index is 1090. The molecule has 174 valence electrons. The number of aromatic nitrogens is 1. The Morgan fingerprint density at radius 2 is 1.64 bits per heavy atom. The van der Waals surface area contributed by atoms with Crippen LogP contribution in [-0.2, 0) is 11.2 Å². The lowest BCUT2D eigenvalue weighted by atomic mass is 10.0. The summed E-state index contributed by atoms with van der Waals surface area (Å²) < 4.78 is 11.8. The number of ether oxygens (including phenoxy) is 2. The number of anilines is 1. The molecular formula is C28H34N2O3. The molecule has 3 aromatic rings. The molecule has 0 radical (unpaired) electrons. The van der Waals surface area contributed by atoms with Gasteiger partial charge in [0.1, 0.15) is 11.5 Å². The van der Waals surface area contributed by atoms with Gasteiger partial charge in [-0.15, -0.1) is 0 Å². The van der Waals surface area contributed by atoms with Gasteiger partial charge in [0.05, 0.1) is 23.5 Å². The van der Waals surface area contributed by atoms with Crippen LogP contribution < -0.4 is 10.1 Å². The largest absolute Gasteiger partial charge is 0.457 e. The maximum Gasteiger partial charge on any atom is 0.257 e. The molecule has 0 spiro atoms. The summed E-state index contributed by atoms with van der Waals surface area (Å²) in [6.07, 6.45) is 0.948. The summed E-state index contributed by atoms with van der Waals surface area (Å²) in [5.74, 6) is 1.67. The summed E-state index contributed by atoms with van der Waals surface area (Å²) in [6.45, 7) is 12.2. The zero-order chi connectivity index (χ0) is 24.0. The number of hydrogen-bond acceptors (Lipinski definition) is 4.